The molecule has 3 rings (SSSR count). The van der Waals surface area contributed by atoms with Gasteiger partial charge in [0.15, 0.2) is 11.0 Å². The number of hydrogen-bond acceptors (Lipinski definition) is 5. The van der Waals surface area contributed by atoms with Crippen molar-refractivity contribution in [1.29, 1.82) is 0 Å². The first-order valence-electron chi connectivity index (χ1n) is 6.38. The summed E-state index contributed by atoms with van der Waals surface area (Å²) in [7, 11) is 0. The molecule has 20 heavy (non-hydrogen) atoms. The molecule has 0 saturated carbocycles. The smallest absolute Gasteiger partial charge is 0.191 e. The summed E-state index contributed by atoms with van der Waals surface area (Å²) in [6, 6.07) is 10.1. The first-order chi connectivity index (χ1) is 9.88. The van der Waals surface area contributed by atoms with Crippen LogP contribution >= 0.6 is 23.1 Å². The quantitative estimate of drug-likeness (QED) is 0.674. The zero-order valence-corrected chi connectivity index (χ0v) is 12.7. The van der Waals surface area contributed by atoms with Crippen LogP contribution in [0.3, 0.4) is 0 Å². The number of thiophene rings is 1. The molecule has 0 atom stereocenters. The van der Waals surface area contributed by atoms with Gasteiger partial charge in [-0.1, -0.05) is 23.9 Å². The number of nitrogens with zero attached hydrogens (tertiary/aromatic N) is 4. The zero-order valence-electron chi connectivity index (χ0n) is 11.1. The molecule has 3 heterocycles. The lowest BCUT2D eigenvalue weighted by Crippen LogP contribution is -1.99. The van der Waals surface area contributed by atoms with Crippen LogP contribution in [0.25, 0.3) is 10.7 Å². The van der Waals surface area contributed by atoms with E-state index in [2.05, 4.69) is 38.1 Å². The molecule has 0 aromatic carbocycles. The Labute approximate surface area is 125 Å². The molecule has 0 amide bonds. The first-order valence-corrected chi connectivity index (χ1v) is 8.25. The van der Waals surface area contributed by atoms with E-state index >= 15 is 0 Å². The summed E-state index contributed by atoms with van der Waals surface area (Å²) < 4.78 is 2.15. The van der Waals surface area contributed by atoms with E-state index in [1.54, 1.807) is 23.1 Å². The van der Waals surface area contributed by atoms with Crippen molar-refractivity contribution in [3.63, 3.8) is 0 Å². The van der Waals surface area contributed by atoms with Gasteiger partial charge in [-0.15, -0.1) is 21.5 Å². The second kappa shape index (κ2) is 6.19. The third kappa shape index (κ3) is 2.76. The molecule has 3 aromatic heterocycles. The van der Waals surface area contributed by atoms with Crippen molar-refractivity contribution in [2.45, 2.75) is 24.4 Å². The standard InChI is InChI=1S/C14H14N4S2/c1-2-18-13(12-7-5-9-19-12)16-17-14(18)20-10-11-6-3-4-8-15-11/h3-9H,2,10H2,1H3. The van der Waals surface area contributed by atoms with E-state index in [9.17, 15) is 0 Å². The molecule has 0 unspecified atom stereocenters. The van der Waals surface area contributed by atoms with Gasteiger partial charge >= 0.3 is 0 Å². The van der Waals surface area contributed by atoms with Crippen LogP contribution in [0.2, 0.25) is 0 Å². The minimum absolute atomic E-state index is 0.809. The molecular weight excluding hydrogens is 288 g/mol. The lowest BCUT2D eigenvalue weighted by Gasteiger charge is -2.05. The average Bonchev–Trinajstić information content (AvgIpc) is 3.14. The fourth-order valence-electron chi connectivity index (χ4n) is 1.89. The van der Waals surface area contributed by atoms with Gasteiger partial charge in [-0.3, -0.25) is 4.98 Å². The van der Waals surface area contributed by atoms with Gasteiger partial charge in [0.2, 0.25) is 0 Å². The first kappa shape index (κ1) is 13.3. The van der Waals surface area contributed by atoms with Gasteiger partial charge in [-0.25, -0.2) is 0 Å². The SMILES string of the molecule is CCn1c(SCc2ccccn2)nnc1-c1cccs1. The van der Waals surface area contributed by atoms with E-state index < -0.39 is 0 Å². The van der Waals surface area contributed by atoms with Crippen LogP contribution in [-0.2, 0) is 12.3 Å². The topological polar surface area (TPSA) is 43.6 Å². The number of aromatic nitrogens is 4. The maximum absolute atomic E-state index is 4.33. The van der Waals surface area contributed by atoms with Crippen molar-refractivity contribution in [2.75, 3.05) is 0 Å². The van der Waals surface area contributed by atoms with Crippen molar-refractivity contribution < 1.29 is 0 Å². The Hall–Kier alpha value is -1.66. The number of pyridine rings is 1. The van der Waals surface area contributed by atoms with Crippen molar-refractivity contribution >= 4 is 23.1 Å². The van der Waals surface area contributed by atoms with Gasteiger partial charge < -0.3 is 4.57 Å². The van der Waals surface area contributed by atoms with E-state index in [0.717, 1.165) is 33.8 Å². The van der Waals surface area contributed by atoms with E-state index in [0.29, 0.717) is 0 Å². The summed E-state index contributed by atoms with van der Waals surface area (Å²) in [6.07, 6.45) is 1.82. The van der Waals surface area contributed by atoms with Crippen LogP contribution in [0, 0.1) is 0 Å². The molecular formula is C14H14N4S2. The molecule has 4 nitrogen and oxygen atoms in total. The average molecular weight is 302 g/mol. The summed E-state index contributed by atoms with van der Waals surface area (Å²) in [6.45, 7) is 2.98. The predicted octanol–water partition coefficient (Wildman–Crippen LogP) is 3.71. The van der Waals surface area contributed by atoms with Crippen molar-refractivity contribution in [2.24, 2.45) is 0 Å². The summed E-state index contributed by atoms with van der Waals surface area (Å²) >= 11 is 3.36. The van der Waals surface area contributed by atoms with Crippen LogP contribution in [0.5, 0.6) is 0 Å². The van der Waals surface area contributed by atoms with Crippen molar-refractivity contribution in [3.05, 3.63) is 47.6 Å². The highest BCUT2D eigenvalue weighted by Crippen LogP contribution is 2.28. The number of hydrogen-bond donors (Lipinski definition) is 0. The van der Waals surface area contributed by atoms with Crippen LogP contribution in [0.4, 0.5) is 0 Å². The Bertz CT molecular complexity index is 662. The molecule has 0 bridgehead atoms. The zero-order chi connectivity index (χ0) is 13.8. The van der Waals surface area contributed by atoms with E-state index in [1.807, 2.05) is 30.5 Å². The van der Waals surface area contributed by atoms with Crippen LogP contribution in [-0.4, -0.2) is 19.7 Å². The Morgan fingerprint density at radius 1 is 1.20 bits per heavy atom. The minimum Gasteiger partial charge on any atom is -0.302 e. The predicted molar refractivity (Wildman–Crippen MR) is 82.8 cm³/mol. The molecule has 102 valence electrons. The van der Waals surface area contributed by atoms with Gasteiger partial charge in [0, 0.05) is 18.5 Å². The second-order valence-electron chi connectivity index (χ2n) is 4.14. The highest BCUT2D eigenvalue weighted by Gasteiger charge is 2.13. The molecule has 0 N–H and O–H groups in total. The van der Waals surface area contributed by atoms with Crippen LogP contribution < -0.4 is 0 Å². The van der Waals surface area contributed by atoms with Crippen molar-refractivity contribution in [1.82, 2.24) is 19.7 Å². The lowest BCUT2D eigenvalue weighted by molar-refractivity contribution is 0.688. The second-order valence-corrected chi connectivity index (χ2v) is 6.03. The molecule has 0 aliphatic heterocycles. The Morgan fingerprint density at radius 3 is 2.85 bits per heavy atom. The maximum Gasteiger partial charge on any atom is 0.191 e. The van der Waals surface area contributed by atoms with E-state index in [4.69, 9.17) is 0 Å². The molecule has 0 aliphatic carbocycles. The fourth-order valence-corrected chi connectivity index (χ4v) is 3.53. The van der Waals surface area contributed by atoms with Crippen LogP contribution in [0.15, 0.2) is 47.1 Å². The fraction of sp³-hybridized carbons (Fsp3) is 0.214. The highest BCUT2D eigenvalue weighted by molar-refractivity contribution is 7.98. The third-order valence-electron chi connectivity index (χ3n) is 2.85. The van der Waals surface area contributed by atoms with Gasteiger partial charge in [-0.05, 0) is 30.5 Å². The maximum atomic E-state index is 4.33. The van der Waals surface area contributed by atoms with E-state index in [-0.39, 0.29) is 0 Å². The lowest BCUT2D eigenvalue weighted by atomic mass is 10.4. The minimum atomic E-state index is 0.809. The van der Waals surface area contributed by atoms with Gasteiger partial charge in [0.25, 0.3) is 0 Å². The third-order valence-corrected chi connectivity index (χ3v) is 4.72. The van der Waals surface area contributed by atoms with Gasteiger partial charge in [0.1, 0.15) is 0 Å². The summed E-state index contributed by atoms with van der Waals surface area (Å²) in [4.78, 5) is 5.49. The number of thioether (sulfide) groups is 1. The molecule has 0 fully saturated rings. The molecule has 0 spiro atoms. The van der Waals surface area contributed by atoms with Gasteiger partial charge in [0.05, 0.1) is 10.6 Å². The Morgan fingerprint density at radius 2 is 2.15 bits per heavy atom. The Balaban J connectivity index is 1.80. The monoisotopic (exact) mass is 302 g/mol. The molecule has 6 heteroatoms. The molecule has 0 aliphatic rings. The summed E-state index contributed by atoms with van der Waals surface area (Å²) in [5.74, 6) is 1.76. The summed E-state index contributed by atoms with van der Waals surface area (Å²) in [5.41, 5.74) is 1.06. The molecule has 0 saturated heterocycles. The highest BCUT2D eigenvalue weighted by atomic mass is 32.2. The normalized spacial score (nSPS) is 10.8. The Kier molecular flexibility index (Phi) is 4.13. The van der Waals surface area contributed by atoms with Crippen LogP contribution in [0.1, 0.15) is 12.6 Å². The molecule has 3 aromatic rings. The largest absolute Gasteiger partial charge is 0.302 e. The van der Waals surface area contributed by atoms with Crippen molar-refractivity contribution in [3.8, 4) is 10.7 Å². The number of rotatable bonds is 5. The summed E-state index contributed by atoms with van der Waals surface area (Å²) in [5, 5.41) is 11.6. The van der Waals surface area contributed by atoms with E-state index in [1.165, 1.54) is 0 Å². The molecule has 0 radical (unpaired) electrons. The van der Waals surface area contributed by atoms with Gasteiger partial charge in [-0.2, -0.15) is 0 Å².